The first kappa shape index (κ1) is 14.3. The van der Waals surface area contributed by atoms with E-state index in [1.807, 2.05) is 0 Å². The SMILES string of the molecule is NC(=O)CN(CC(N)=O)c1ccc(CO)c(Cl)c1. The Morgan fingerprint density at radius 3 is 2.17 bits per heavy atom. The minimum absolute atomic E-state index is 0.141. The normalized spacial score (nSPS) is 10.1. The zero-order valence-electron chi connectivity index (χ0n) is 9.60. The highest BCUT2D eigenvalue weighted by atomic mass is 35.5. The van der Waals surface area contributed by atoms with Crippen LogP contribution in [0.3, 0.4) is 0 Å². The average molecular weight is 272 g/mol. The van der Waals surface area contributed by atoms with Crippen LogP contribution < -0.4 is 16.4 Å². The van der Waals surface area contributed by atoms with Crippen LogP contribution in [0.2, 0.25) is 5.02 Å². The van der Waals surface area contributed by atoms with E-state index in [0.717, 1.165) is 0 Å². The summed E-state index contributed by atoms with van der Waals surface area (Å²) >= 11 is 5.93. The van der Waals surface area contributed by atoms with E-state index < -0.39 is 11.8 Å². The van der Waals surface area contributed by atoms with Crippen molar-refractivity contribution in [2.24, 2.45) is 11.5 Å². The number of benzene rings is 1. The maximum atomic E-state index is 10.9. The highest BCUT2D eigenvalue weighted by Crippen LogP contribution is 2.23. The fourth-order valence-corrected chi connectivity index (χ4v) is 1.71. The van der Waals surface area contributed by atoms with Crippen molar-refractivity contribution in [3.63, 3.8) is 0 Å². The molecule has 0 aliphatic heterocycles. The van der Waals surface area contributed by atoms with Crippen molar-refractivity contribution in [1.82, 2.24) is 0 Å². The summed E-state index contributed by atoms with van der Waals surface area (Å²) in [6.07, 6.45) is 0. The lowest BCUT2D eigenvalue weighted by Crippen LogP contribution is -2.39. The Labute approximate surface area is 109 Å². The monoisotopic (exact) mass is 271 g/mol. The van der Waals surface area contributed by atoms with Crippen LogP contribution in [-0.2, 0) is 16.2 Å². The number of aliphatic hydroxyl groups excluding tert-OH is 1. The summed E-state index contributed by atoms with van der Waals surface area (Å²) in [7, 11) is 0. The first-order valence-corrected chi connectivity index (χ1v) is 5.52. The summed E-state index contributed by atoms with van der Waals surface area (Å²) < 4.78 is 0. The molecule has 0 spiro atoms. The Morgan fingerprint density at radius 1 is 1.22 bits per heavy atom. The quantitative estimate of drug-likeness (QED) is 0.654. The van der Waals surface area contributed by atoms with Crippen LogP contribution >= 0.6 is 11.6 Å². The van der Waals surface area contributed by atoms with Gasteiger partial charge >= 0.3 is 0 Å². The van der Waals surface area contributed by atoms with Crippen LogP contribution in [-0.4, -0.2) is 30.0 Å². The lowest BCUT2D eigenvalue weighted by molar-refractivity contribution is -0.117. The summed E-state index contributed by atoms with van der Waals surface area (Å²) in [4.78, 5) is 23.3. The van der Waals surface area contributed by atoms with Crippen molar-refractivity contribution in [3.05, 3.63) is 28.8 Å². The smallest absolute Gasteiger partial charge is 0.236 e. The second-order valence-electron chi connectivity index (χ2n) is 3.72. The fourth-order valence-electron chi connectivity index (χ4n) is 1.48. The molecule has 0 saturated carbocycles. The number of hydrogen-bond acceptors (Lipinski definition) is 4. The Balaban J connectivity index is 3.00. The van der Waals surface area contributed by atoms with E-state index in [2.05, 4.69) is 0 Å². The van der Waals surface area contributed by atoms with Gasteiger partial charge in [-0.1, -0.05) is 17.7 Å². The molecule has 1 aromatic rings. The average Bonchev–Trinajstić information content (AvgIpc) is 2.26. The number of primary amides is 2. The van der Waals surface area contributed by atoms with Gasteiger partial charge in [0.25, 0.3) is 0 Å². The summed E-state index contributed by atoms with van der Waals surface area (Å²) in [6.45, 7) is -0.472. The maximum absolute atomic E-state index is 10.9. The van der Waals surface area contributed by atoms with E-state index >= 15 is 0 Å². The molecule has 0 radical (unpaired) electrons. The van der Waals surface area contributed by atoms with Crippen LogP contribution in [0.25, 0.3) is 0 Å². The molecule has 0 aliphatic carbocycles. The fraction of sp³-hybridized carbons (Fsp3) is 0.273. The molecule has 0 bridgehead atoms. The first-order valence-electron chi connectivity index (χ1n) is 5.15. The van der Waals surface area contributed by atoms with E-state index in [1.54, 1.807) is 18.2 Å². The third-order valence-electron chi connectivity index (χ3n) is 2.27. The number of amides is 2. The number of nitrogens with zero attached hydrogens (tertiary/aromatic N) is 1. The minimum atomic E-state index is -0.585. The van der Waals surface area contributed by atoms with Crippen molar-refractivity contribution < 1.29 is 14.7 Å². The zero-order chi connectivity index (χ0) is 13.7. The molecule has 0 saturated heterocycles. The minimum Gasteiger partial charge on any atom is -0.392 e. The van der Waals surface area contributed by atoms with Crippen molar-refractivity contribution >= 4 is 29.1 Å². The molecule has 1 aromatic carbocycles. The third-order valence-corrected chi connectivity index (χ3v) is 2.62. The number of rotatable bonds is 6. The highest BCUT2D eigenvalue weighted by molar-refractivity contribution is 6.31. The highest BCUT2D eigenvalue weighted by Gasteiger charge is 2.13. The van der Waals surface area contributed by atoms with Gasteiger partial charge in [0.05, 0.1) is 19.7 Å². The van der Waals surface area contributed by atoms with Crippen molar-refractivity contribution in [2.75, 3.05) is 18.0 Å². The number of halogens is 1. The van der Waals surface area contributed by atoms with E-state index in [0.29, 0.717) is 16.3 Å². The van der Waals surface area contributed by atoms with E-state index in [4.69, 9.17) is 28.2 Å². The molecule has 0 fully saturated rings. The number of hydrogen-bond donors (Lipinski definition) is 3. The van der Waals surface area contributed by atoms with Crippen LogP contribution in [0, 0.1) is 0 Å². The van der Waals surface area contributed by atoms with Crippen molar-refractivity contribution in [3.8, 4) is 0 Å². The van der Waals surface area contributed by atoms with Crippen LogP contribution in [0.4, 0.5) is 5.69 Å². The molecule has 6 nitrogen and oxygen atoms in total. The van der Waals surface area contributed by atoms with E-state index in [9.17, 15) is 9.59 Å². The third kappa shape index (κ3) is 3.90. The molecule has 0 atom stereocenters. The summed E-state index contributed by atoms with van der Waals surface area (Å²) in [5.41, 5.74) is 11.3. The molecule has 0 heterocycles. The van der Waals surface area contributed by atoms with Gasteiger partial charge in [-0.15, -0.1) is 0 Å². The van der Waals surface area contributed by atoms with Gasteiger partial charge in [-0.25, -0.2) is 0 Å². The van der Waals surface area contributed by atoms with Crippen molar-refractivity contribution in [1.29, 1.82) is 0 Å². The Kier molecular flexibility index (Phi) is 4.94. The molecule has 98 valence electrons. The lowest BCUT2D eigenvalue weighted by atomic mass is 10.2. The molecule has 2 amide bonds. The lowest BCUT2D eigenvalue weighted by Gasteiger charge is -2.22. The van der Waals surface area contributed by atoms with Crippen LogP contribution in [0.1, 0.15) is 5.56 Å². The molecule has 0 aromatic heterocycles. The van der Waals surface area contributed by atoms with Gasteiger partial charge < -0.3 is 21.5 Å². The van der Waals surface area contributed by atoms with E-state index in [-0.39, 0.29) is 19.7 Å². The van der Waals surface area contributed by atoms with Gasteiger partial charge in [0.15, 0.2) is 0 Å². The molecule has 0 unspecified atom stereocenters. The number of anilines is 1. The van der Waals surface area contributed by atoms with Gasteiger partial charge in [-0.2, -0.15) is 0 Å². The predicted molar refractivity (Wildman–Crippen MR) is 68.0 cm³/mol. The Hall–Kier alpha value is -1.79. The topological polar surface area (TPSA) is 110 Å². The molecule has 0 aliphatic rings. The summed E-state index contributed by atoms with van der Waals surface area (Å²) in [5.74, 6) is -1.17. The first-order chi connectivity index (χ1) is 8.43. The maximum Gasteiger partial charge on any atom is 0.236 e. The number of carbonyl (C=O) groups excluding carboxylic acids is 2. The molecular weight excluding hydrogens is 258 g/mol. The summed E-state index contributed by atoms with van der Waals surface area (Å²) in [6, 6.07) is 4.77. The van der Waals surface area contributed by atoms with Gasteiger partial charge in [-0.05, 0) is 17.7 Å². The number of aliphatic hydroxyl groups is 1. The molecule has 5 N–H and O–H groups in total. The van der Waals surface area contributed by atoms with Crippen LogP contribution in [0.15, 0.2) is 18.2 Å². The molecule has 7 heteroatoms. The van der Waals surface area contributed by atoms with E-state index in [1.165, 1.54) is 4.90 Å². The predicted octanol–water partition coefficient (Wildman–Crippen LogP) is -0.391. The van der Waals surface area contributed by atoms with Crippen LogP contribution in [0.5, 0.6) is 0 Å². The molecule has 1 rings (SSSR count). The second-order valence-corrected chi connectivity index (χ2v) is 4.13. The molecule has 18 heavy (non-hydrogen) atoms. The number of nitrogens with two attached hydrogens (primary N) is 2. The van der Waals surface area contributed by atoms with Gasteiger partial charge in [0, 0.05) is 10.7 Å². The van der Waals surface area contributed by atoms with Crippen molar-refractivity contribution in [2.45, 2.75) is 6.61 Å². The standard InChI is InChI=1S/C11H14ClN3O3/c12-9-3-8(2-1-7(9)6-16)15(4-10(13)17)5-11(14)18/h1-3,16H,4-6H2,(H2,13,17)(H2,14,18). The summed E-state index contributed by atoms with van der Waals surface area (Å²) in [5, 5.41) is 9.33. The molecular formula is C11H14ClN3O3. The Morgan fingerprint density at radius 2 is 1.78 bits per heavy atom. The van der Waals surface area contributed by atoms with Gasteiger partial charge in [0.1, 0.15) is 0 Å². The number of carbonyl (C=O) groups is 2. The van der Waals surface area contributed by atoms with Gasteiger partial charge in [-0.3, -0.25) is 9.59 Å². The largest absolute Gasteiger partial charge is 0.392 e. The zero-order valence-corrected chi connectivity index (χ0v) is 10.4. The van der Waals surface area contributed by atoms with Gasteiger partial charge in [0.2, 0.25) is 11.8 Å². The second kappa shape index (κ2) is 6.23. The Bertz CT molecular complexity index is 449.